The zero-order valence-electron chi connectivity index (χ0n) is 11.8. The number of aromatic nitrogens is 4. The molecule has 0 aliphatic carbocycles. The number of hydrogen-bond acceptors (Lipinski definition) is 5. The molecule has 6 nitrogen and oxygen atoms in total. The molecule has 0 spiro atoms. The Kier molecular flexibility index (Phi) is 3.27. The molecule has 6 heteroatoms. The van der Waals surface area contributed by atoms with Crippen LogP contribution in [-0.4, -0.2) is 26.9 Å². The van der Waals surface area contributed by atoms with Crippen LogP contribution in [0, 0.1) is 0 Å². The van der Waals surface area contributed by atoms with Crippen LogP contribution in [0.1, 0.15) is 0 Å². The first-order valence-corrected chi connectivity index (χ1v) is 6.43. The summed E-state index contributed by atoms with van der Waals surface area (Å²) in [7, 11) is 3.43. The monoisotopic (exact) mass is 281 g/mol. The van der Waals surface area contributed by atoms with E-state index in [1.165, 1.54) is 0 Å². The Bertz CT molecular complexity index is 767. The zero-order chi connectivity index (χ0) is 14.8. The average molecular weight is 281 g/mol. The second-order valence-electron chi connectivity index (χ2n) is 4.54. The van der Waals surface area contributed by atoms with Gasteiger partial charge in [-0.1, -0.05) is 0 Å². The van der Waals surface area contributed by atoms with Gasteiger partial charge in [0, 0.05) is 31.2 Å². The highest BCUT2D eigenvalue weighted by atomic mass is 16.5. The topological polar surface area (TPSA) is 78.9 Å². The summed E-state index contributed by atoms with van der Waals surface area (Å²) in [6.07, 6.45) is 6.83. The summed E-state index contributed by atoms with van der Waals surface area (Å²) < 4.78 is 7.03. The first-order chi connectivity index (χ1) is 10.2. The van der Waals surface area contributed by atoms with Crippen LogP contribution in [0.25, 0.3) is 22.4 Å². The molecule has 0 aliphatic rings. The van der Waals surface area contributed by atoms with Gasteiger partial charge >= 0.3 is 0 Å². The molecule has 3 aromatic heterocycles. The number of aryl methyl sites for hydroxylation is 1. The fourth-order valence-electron chi connectivity index (χ4n) is 2.27. The second-order valence-corrected chi connectivity index (χ2v) is 4.54. The van der Waals surface area contributed by atoms with Gasteiger partial charge in [-0.25, -0.2) is 0 Å². The Morgan fingerprint density at radius 2 is 1.81 bits per heavy atom. The number of nitrogens with zero attached hydrogens (tertiary/aromatic N) is 4. The SMILES string of the molecule is COc1cnccc1-c1nn(C)c(N)c1-c1ccncc1. The normalized spacial score (nSPS) is 10.6. The maximum absolute atomic E-state index is 6.19. The fourth-order valence-corrected chi connectivity index (χ4v) is 2.27. The number of ether oxygens (including phenoxy) is 1. The third-order valence-corrected chi connectivity index (χ3v) is 3.32. The number of hydrogen-bond donors (Lipinski definition) is 1. The molecule has 0 fully saturated rings. The number of anilines is 1. The summed E-state index contributed by atoms with van der Waals surface area (Å²) in [6.45, 7) is 0. The molecule has 0 bridgehead atoms. The van der Waals surface area contributed by atoms with Gasteiger partial charge < -0.3 is 10.5 Å². The lowest BCUT2D eigenvalue weighted by Crippen LogP contribution is -1.97. The van der Waals surface area contributed by atoms with Crippen molar-refractivity contribution in [1.82, 2.24) is 19.7 Å². The molecule has 0 saturated carbocycles. The minimum Gasteiger partial charge on any atom is -0.494 e. The second kappa shape index (κ2) is 5.24. The molecule has 0 saturated heterocycles. The van der Waals surface area contributed by atoms with Gasteiger partial charge in [-0.3, -0.25) is 14.6 Å². The molecule has 3 rings (SSSR count). The van der Waals surface area contributed by atoms with E-state index in [4.69, 9.17) is 10.5 Å². The highest BCUT2D eigenvalue weighted by Crippen LogP contribution is 2.38. The van der Waals surface area contributed by atoms with Gasteiger partial charge in [-0.05, 0) is 23.8 Å². The maximum Gasteiger partial charge on any atom is 0.146 e. The molecule has 106 valence electrons. The summed E-state index contributed by atoms with van der Waals surface area (Å²) in [5.74, 6) is 1.25. The van der Waals surface area contributed by atoms with Gasteiger partial charge in [0.2, 0.25) is 0 Å². The molecule has 0 radical (unpaired) electrons. The van der Waals surface area contributed by atoms with Crippen LogP contribution in [0.2, 0.25) is 0 Å². The van der Waals surface area contributed by atoms with Crippen molar-refractivity contribution in [2.45, 2.75) is 0 Å². The van der Waals surface area contributed by atoms with Crippen LogP contribution < -0.4 is 10.5 Å². The van der Waals surface area contributed by atoms with Gasteiger partial charge in [0.1, 0.15) is 17.3 Å². The Morgan fingerprint density at radius 3 is 2.52 bits per heavy atom. The average Bonchev–Trinajstić information content (AvgIpc) is 2.83. The lowest BCUT2D eigenvalue weighted by molar-refractivity contribution is 0.414. The van der Waals surface area contributed by atoms with Crippen LogP contribution in [0.5, 0.6) is 5.75 Å². The molecule has 21 heavy (non-hydrogen) atoms. The van der Waals surface area contributed by atoms with Crippen LogP contribution in [0.15, 0.2) is 43.0 Å². The van der Waals surface area contributed by atoms with Crippen molar-refractivity contribution >= 4 is 5.82 Å². The van der Waals surface area contributed by atoms with E-state index < -0.39 is 0 Å². The van der Waals surface area contributed by atoms with Crippen LogP contribution in [0.3, 0.4) is 0 Å². The Balaban J connectivity index is 2.27. The molecule has 0 amide bonds. The van der Waals surface area contributed by atoms with Crippen LogP contribution >= 0.6 is 0 Å². The number of rotatable bonds is 3. The van der Waals surface area contributed by atoms with Crippen LogP contribution in [0.4, 0.5) is 5.82 Å². The van der Waals surface area contributed by atoms with Gasteiger partial charge in [-0.2, -0.15) is 5.10 Å². The summed E-state index contributed by atoms with van der Waals surface area (Å²) >= 11 is 0. The first-order valence-electron chi connectivity index (χ1n) is 6.43. The number of nitrogen functional groups attached to an aromatic ring is 1. The summed E-state index contributed by atoms with van der Waals surface area (Å²) in [4.78, 5) is 8.11. The Hall–Kier alpha value is -2.89. The van der Waals surface area contributed by atoms with E-state index >= 15 is 0 Å². The van der Waals surface area contributed by atoms with E-state index in [1.807, 2.05) is 25.2 Å². The van der Waals surface area contributed by atoms with Gasteiger partial charge in [0.05, 0.1) is 18.9 Å². The van der Waals surface area contributed by atoms with Gasteiger partial charge in [0.25, 0.3) is 0 Å². The third kappa shape index (κ3) is 2.20. The zero-order valence-corrected chi connectivity index (χ0v) is 11.8. The maximum atomic E-state index is 6.19. The highest BCUT2D eigenvalue weighted by Gasteiger charge is 2.19. The van der Waals surface area contributed by atoms with Crippen molar-refractivity contribution in [1.29, 1.82) is 0 Å². The number of methoxy groups -OCH3 is 1. The molecular weight excluding hydrogens is 266 g/mol. The lowest BCUT2D eigenvalue weighted by Gasteiger charge is -2.07. The standard InChI is InChI=1S/C15H15N5O/c1-20-15(16)13(10-3-6-17-7-4-10)14(19-20)11-5-8-18-9-12(11)21-2/h3-9H,16H2,1-2H3. The fraction of sp³-hybridized carbons (Fsp3) is 0.133. The predicted octanol–water partition coefficient (Wildman–Crippen LogP) is 2.13. The van der Waals surface area contributed by atoms with Gasteiger partial charge in [0.15, 0.2) is 0 Å². The smallest absolute Gasteiger partial charge is 0.146 e. The minimum atomic E-state index is 0.593. The summed E-state index contributed by atoms with van der Waals surface area (Å²) in [5, 5.41) is 4.53. The van der Waals surface area contributed by atoms with E-state index in [0.29, 0.717) is 11.6 Å². The summed E-state index contributed by atoms with van der Waals surface area (Å²) in [5.41, 5.74) is 9.63. The van der Waals surface area contributed by atoms with Crippen LogP contribution in [-0.2, 0) is 7.05 Å². The quantitative estimate of drug-likeness (QED) is 0.795. The van der Waals surface area contributed by atoms with Gasteiger partial charge in [-0.15, -0.1) is 0 Å². The number of nitrogens with two attached hydrogens (primary N) is 1. The number of pyridine rings is 2. The molecule has 0 aromatic carbocycles. The van der Waals surface area contributed by atoms with E-state index in [1.54, 1.807) is 36.6 Å². The molecule has 0 aliphatic heterocycles. The van der Waals surface area contributed by atoms with Crippen molar-refractivity contribution in [2.75, 3.05) is 12.8 Å². The van der Waals surface area contributed by atoms with Crippen molar-refractivity contribution in [3.63, 3.8) is 0 Å². The Morgan fingerprint density at radius 1 is 1.10 bits per heavy atom. The summed E-state index contributed by atoms with van der Waals surface area (Å²) in [6, 6.07) is 5.68. The molecule has 0 atom stereocenters. The molecule has 0 unspecified atom stereocenters. The highest BCUT2D eigenvalue weighted by molar-refractivity contribution is 5.89. The molecule has 3 aromatic rings. The Labute approximate surface area is 122 Å². The van der Waals surface area contributed by atoms with Crippen molar-refractivity contribution in [3.05, 3.63) is 43.0 Å². The van der Waals surface area contributed by atoms with Crippen molar-refractivity contribution in [3.8, 4) is 28.1 Å². The molecule has 2 N–H and O–H groups in total. The van der Waals surface area contributed by atoms with Crippen molar-refractivity contribution in [2.24, 2.45) is 7.05 Å². The van der Waals surface area contributed by atoms with E-state index in [-0.39, 0.29) is 0 Å². The van der Waals surface area contributed by atoms with E-state index in [0.717, 1.165) is 22.4 Å². The van der Waals surface area contributed by atoms with Crippen molar-refractivity contribution < 1.29 is 4.74 Å². The largest absolute Gasteiger partial charge is 0.494 e. The lowest BCUT2D eigenvalue weighted by atomic mass is 10.0. The van der Waals surface area contributed by atoms with E-state index in [9.17, 15) is 0 Å². The first kappa shape index (κ1) is 13.1. The minimum absolute atomic E-state index is 0.593. The predicted molar refractivity (Wildman–Crippen MR) is 80.6 cm³/mol. The third-order valence-electron chi connectivity index (χ3n) is 3.32. The van der Waals surface area contributed by atoms with E-state index in [2.05, 4.69) is 15.1 Å². The molecule has 3 heterocycles. The molecular formula is C15H15N5O.